The van der Waals surface area contributed by atoms with Crippen LogP contribution in [-0.4, -0.2) is 0 Å². The molecule has 23 heavy (non-hydrogen) atoms. The minimum Gasteiger partial charge on any atom is -0.289 e. The first-order valence-electron chi connectivity index (χ1n) is 10.1. The molecule has 1 radical (unpaired) electrons. The van der Waals surface area contributed by atoms with E-state index in [0.717, 1.165) is 6.42 Å². The van der Waals surface area contributed by atoms with E-state index < -0.39 is 0 Å². The van der Waals surface area contributed by atoms with Gasteiger partial charge < -0.3 is 0 Å². The third kappa shape index (κ3) is 4.11. The summed E-state index contributed by atoms with van der Waals surface area (Å²) >= 11 is 0. The normalized spacial score (nSPS) is 20.7. The molecule has 0 saturated heterocycles. The van der Waals surface area contributed by atoms with Gasteiger partial charge in [0.15, 0.2) is 5.75 Å². The van der Waals surface area contributed by atoms with Crippen LogP contribution >= 0.6 is 0 Å². The maximum absolute atomic E-state index is 13.2. The van der Waals surface area contributed by atoms with Crippen molar-refractivity contribution >= 4 is 0 Å². The second-order valence-corrected chi connectivity index (χ2v) is 7.88. The second kappa shape index (κ2) is 8.22. The van der Waals surface area contributed by atoms with Crippen molar-refractivity contribution in [2.45, 2.75) is 102 Å². The molecule has 1 heteroatoms. The molecule has 1 aromatic carbocycles. The smallest absolute Gasteiger partial charge is 0.185 e. The molecule has 0 heterocycles. The first-order valence-corrected chi connectivity index (χ1v) is 10.1. The number of aryl methyl sites for hydroxylation is 1. The standard InChI is InChI=1S/C22H33O/c1-2-3-10-17-15-20(18-11-6-4-7-12-18)22(23)21(16-17)19-13-8-5-9-14-19/h15-16,18-19H,2-14H2,1H3. The van der Waals surface area contributed by atoms with E-state index >= 15 is 0 Å². The van der Waals surface area contributed by atoms with Crippen molar-refractivity contribution in [3.05, 3.63) is 28.8 Å². The molecule has 0 atom stereocenters. The van der Waals surface area contributed by atoms with Crippen LogP contribution in [0.2, 0.25) is 0 Å². The van der Waals surface area contributed by atoms with Crippen molar-refractivity contribution < 1.29 is 5.11 Å². The number of benzene rings is 1. The highest BCUT2D eigenvalue weighted by Gasteiger charge is 2.26. The predicted molar refractivity (Wildman–Crippen MR) is 96.8 cm³/mol. The molecule has 2 aliphatic carbocycles. The van der Waals surface area contributed by atoms with Gasteiger partial charge in [-0.2, -0.15) is 0 Å². The van der Waals surface area contributed by atoms with Crippen molar-refractivity contribution in [2.24, 2.45) is 0 Å². The summed E-state index contributed by atoms with van der Waals surface area (Å²) in [5.74, 6) is 1.50. The molecule has 3 rings (SSSR count). The average molecular weight is 314 g/mol. The molecule has 1 aromatic rings. The summed E-state index contributed by atoms with van der Waals surface area (Å²) in [6, 6.07) is 4.58. The van der Waals surface area contributed by atoms with Crippen LogP contribution in [0, 0.1) is 0 Å². The summed E-state index contributed by atoms with van der Waals surface area (Å²) in [5, 5.41) is 13.2. The molecular weight excluding hydrogens is 280 g/mol. The van der Waals surface area contributed by atoms with Gasteiger partial charge >= 0.3 is 0 Å². The van der Waals surface area contributed by atoms with Gasteiger partial charge in [-0.25, -0.2) is 0 Å². The highest BCUT2D eigenvalue weighted by molar-refractivity contribution is 5.47. The quantitative estimate of drug-likeness (QED) is 0.544. The molecule has 127 valence electrons. The van der Waals surface area contributed by atoms with Crippen LogP contribution in [-0.2, 0) is 11.5 Å². The van der Waals surface area contributed by atoms with E-state index in [-0.39, 0.29) is 0 Å². The molecule has 0 bridgehead atoms. The van der Waals surface area contributed by atoms with Gasteiger partial charge in [0.05, 0.1) is 0 Å². The number of unbranched alkanes of at least 4 members (excludes halogenated alkanes) is 1. The highest BCUT2D eigenvalue weighted by atomic mass is 16.3. The molecule has 0 aromatic heterocycles. The van der Waals surface area contributed by atoms with Gasteiger partial charge in [-0.05, 0) is 55.9 Å². The lowest BCUT2D eigenvalue weighted by atomic mass is 9.78. The number of rotatable bonds is 5. The van der Waals surface area contributed by atoms with E-state index in [0.29, 0.717) is 17.6 Å². The van der Waals surface area contributed by atoms with Gasteiger partial charge in [0.1, 0.15) is 0 Å². The highest BCUT2D eigenvalue weighted by Crippen LogP contribution is 2.44. The molecular formula is C22H33O. The van der Waals surface area contributed by atoms with Gasteiger partial charge in [0.25, 0.3) is 0 Å². The fourth-order valence-corrected chi connectivity index (χ4v) is 4.70. The lowest BCUT2D eigenvalue weighted by Gasteiger charge is -2.27. The summed E-state index contributed by atoms with van der Waals surface area (Å²) in [7, 11) is 0. The Labute approximate surface area is 142 Å². The number of hydrogen-bond donors (Lipinski definition) is 0. The van der Waals surface area contributed by atoms with Crippen LogP contribution in [0.25, 0.3) is 0 Å². The fourth-order valence-electron chi connectivity index (χ4n) is 4.70. The van der Waals surface area contributed by atoms with E-state index in [4.69, 9.17) is 0 Å². The summed E-state index contributed by atoms with van der Waals surface area (Å²) in [5.41, 5.74) is 3.80. The Hall–Kier alpha value is -0.980. The van der Waals surface area contributed by atoms with E-state index in [1.807, 2.05) is 0 Å². The zero-order chi connectivity index (χ0) is 16.1. The molecule has 1 nitrogen and oxygen atoms in total. The minimum atomic E-state index is 0.420. The maximum atomic E-state index is 13.2. The summed E-state index contributed by atoms with van der Waals surface area (Å²) in [6.07, 6.45) is 16.5. The summed E-state index contributed by atoms with van der Waals surface area (Å²) in [4.78, 5) is 0. The van der Waals surface area contributed by atoms with Crippen LogP contribution in [0.1, 0.15) is 112 Å². The van der Waals surface area contributed by atoms with Gasteiger partial charge in [0.2, 0.25) is 0 Å². The summed E-state index contributed by atoms with van der Waals surface area (Å²) in [6.45, 7) is 2.26. The predicted octanol–water partition coefficient (Wildman–Crippen LogP) is 7.27. The Morgan fingerprint density at radius 2 is 1.30 bits per heavy atom. The first kappa shape index (κ1) is 16.9. The third-order valence-corrected chi connectivity index (χ3v) is 6.12. The molecule has 2 aliphatic rings. The fraction of sp³-hybridized carbons (Fsp3) is 0.727. The number of hydrogen-bond acceptors (Lipinski definition) is 0. The maximum Gasteiger partial charge on any atom is 0.185 e. The second-order valence-electron chi connectivity index (χ2n) is 7.88. The largest absolute Gasteiger partial charge is 0.289 e. The Kier molecular flexibility index (Phi) is 6.02. The molecule has 0 amide bonds. The molecule has 2 saturated carbocycles. The van der Waals surface area contributed by atoms with Crippen LogP contribution in [0.4, 0.5) is 0 Å². The van der Waals surface area contributed by atoms with Crippen LogP contribution < -0.4 is 0 Å². The zero-order valence-corrected chi connectivity index (χ0v) is 14.9. The molecule has 0 unspecified atom stereocenters. The molecule has 0 aliphatic heterocycles. The average Bonchev–Trinajstić information content (AvgIpc) is 2.62. The van der Waals surface area contributed by atoms with Crippen LogP contribution in [0.15, 0.2) is 12.1 Å². The van der Waals surface area contributed by atoms with E-state index in [1.54, 1.807) is 0 Å². The van der Waals surface area contributed by atoms with Gasteiger partial charge in [0, 0.05) is 11.1 Å². The molecule has 0 spiro atoms. The Bertz CT molecular complexity index is 454. The van der Waals surface area contributed by atoms with E-state index in [2.05, 4.69) is 19.1 Å². The van der Waals surface area contributed by atoms with Crippen molar-refractivity contribution in [3.63, 3.8) is 0 Å². The lowest BCUT2D eigenvalue weighted by molar-refractivity contribution is 0.323. The van der Waals surface area contributed by atoms with Crippen molar-refractivity contribution in [3.8, 4) is 5.75 Å². The summed E-state index contributed by atoms with van der Waals surface area (Å²) < 4.78 is 0. The van der Waals surface area contributed by atoms with Crippen molar-refractivity contribution in [1.29, 1.82) is 0 Å². The first-order chi connectivity index (χ1) is 11.3. The SMILES string of the molecule is CCCCc1cc(C2CCCCC2)c([O])c(C2CCCCC2)c1. The Morgan fingerprint density at radius 3 is 1.74 bits per heavy atom. The van der Waals surface area contributed by atoms with Crippen LogP contribution in [0.3, 0.4) is 0 Å². The van der Waals surface area contributed by atoms with Gasteiger partial charge in [-0.1, -0.05) is 64.0 Å². The van der Waals surface area contributed by atoms with E-state index in [1.165, 1.54) is 93.7 Å². The minimum absolute atomic E-state index is 0.420. The van der Waals surface area contributed by atoms with Crippen LogP contribution in [0.5, 0.6) is 5.75 Å². The topological polar surface area (TPSA) is 19.9 Å². The zero-order valence-electron chi connectivity index (χ0n) is 14.9. The van der Waals surface area contributed by atoms with Gasteiger partial charge in [-0.15, -0.1) is 0 Å². The van der Waals surface area contributed by atoms with E-state index in [9.17, 15) is 5.11 Å². The van der Waals surface area contributed by atoms with Crippen molar-refractivity contribution in [2.75, 3.05) is 0 Å². The van der Waals surface area contributed by atoms with Gasteiger partial charge in [-0.3, -0.25) is 5.11 Å². The lowest BCUT2D eigenvalue weighted by Crippen LogP contribution is -2.10. The monoisotopic (exact) mass is 313 g/mol. The molecule has 2 fully saturated rings. The Morgan fingerprint density at radius 1 is 0.826 bits per heavy atom. The Balaban J connectivity index is 1.92. The van der Waals surface area contributed by atoms with Crippen molar-refractivity contribution in [1.82, 2.24) is 0 Å². The molecule has 0 N–H and O–H groups in total. The third-order valence-electron chi connectivity index (χ3n) is 6.12.